The second-order valence-electron chi connectivity index (χ2n) is 15.1. The largest absolute Gasteiger partial charge is 0.508 e. The molecule has 1 amide bonds. The monoisotopic (exact) mass is 676 g/mol. The average Bonchev–Trinajstić information content (AvgIpc) is 3.47. The standard InChI is InChI=1S/C35H40N4O8S/c1-12-17-4-5-18(37-34-38-19(11-48-34)21-15-7-13-6-14(9-15)10-16(21)8-13)27(40)22(17)28(41)23-20(12)29(42)25-26(39(2)3)30(43)24(33(36)46)32(45)35(25,47)31(23)44/h4-5,11-16,20-21,25-26,29,40-42,45,47H,6-10H2,1-3H3,(H2,36,46)(H,37,38). The highest BCUT2D eigenvalue weighted by atomic mass is 32.1. The number of primary amides is 1. The van der Waals surface area contributed by atoms with Crippen molar-refractivity contribution in [2.45, 2.75) is 68.6 Å². The summed E-state index contributed by atoms with van der Waals surface area (Å²) in [5.74, 6) is -5.70. The van der Waals surface area contributed by atoms with Gasteiger partial charge in [0.05, 0.1) is 35.0 Å². The molecule has 4 bridgehead atoms. The van der Waals surface area contributed by atoms with Crippen LogP contribution >= 0.6 is 11.3 Å². The maximum absolute atomic E-state index is 14.3. The maximum atomic E-state index is 14.3. The first kappa shape index (κ1) is 31.5. The van der Waals surface area contributed by atoms with Gasteiger partial charge in [-0.2, -0.15) is 0 Å². The van der Waals surface area contributed by atoms with Crippen LogP contribution in [-0.4, -0.2) is 84.7 Å². The number of phenols is 1. The van der Waals surface area contributed by atoms with Crippen molar-refractivity contribution in [1.29, 1.82) is 0 Å². The molecule has 0 saturated heterocycles. The second-order valence-corrected chi connectivity index (χ2v) is 16.0. The van der Waals surface area contributed by atoms with Gasteiger partial charge in [-0.1, -0.05) is 13.0 Å². The topological polar surface area (TPSA) is 207 Å². The molecule has 0 aliphatic heterocycles. The molecule has 5 fully saturated rings. The minimum atomic E-state index is -2.95. The minimum Gasteiger partial charge on any atom is -0.508 e. The van der Waals surface area contributed by atoms with Crippen molar-refractivity contribution in [3.05, 3.63) is 51.2 Å². The van der Waals surface area contributed by atoms with Crippen LogP contribution in [0.2, 0.25) is 0 Å². The number of fused-ring (bicyclic) bond motifs is 3. The van der Waals surface area contributed by atoms with Crippen LogP contribution in [0.5, 0.6) is 5.75 Å². The third-order valence-corrected chi connectivity index (χ3v) is 13.2. The summed E-state index contributed by atoms with van der Waals surface area (Å²) < 4.78 is 0. The Kier molecular flexibility index (Phi) is 6.96. The van der Waals surface area contributed by atoms with E-state index in [9.17, 15) is 39.9 Å². The van der Waals surface area contributed by atoms with Crippen LogP contribution in [0.25, 0.3) is 5.76 Å². The molecule has 7 aliphatic carbocycles. The number of ketones is 2. The number of nitrogens with zero attached hydrogens (tertiary/aromatic N) is 2. The number of aliphatic hydroxyl groups excluding tert-OH is 3. The van der Waals surface area contributed by atoms with Crippen molar-refractivity contribution in [2.75, 3.05) is 19.4 Å². The Labute approximate surface area is 281 Å². The Morgan fingerprint density at radius 2 is 1.69 bits per heavy atom. The van der Waals surface area contributed by atoms with Gasteiger partial charge in [0.15, 0.2) is 16.5 Å². The van der Waals surface area contributed by atoms with E-state index in [-0.39, 0.29) is 17.0 Å². The molecule has 48 heavy (non-hydrogen) atoms. The van der Waals surface area contributed by atoms with Crippen LogP contribution < -0.4 is 11.1 Å². The molecule has 0 radical (unpaired) electrons. The van der Waals surface area contributed by atoms with Crippen molar-refractivity contribution in [3.63, 3.8) is 0 Å². The van der Waals surface area contributed by atoms with Gasteiger partial charge in [0.25, 0.3) is 5.91 Å². The number of phenolic OH excluding ortho intramolecular Hbond substituents is 1. The quantitative estimate of drug-likeness (QED) is 0.181. The number of aromatic nitrogens is 1. The van der Waals surface area contributed by atoms with Crippen LogP contribution in [0.1, 0.15) is 67.7 Å². The normalized spacial score (nSPS) is 38.3. The lowest BCUT2D eigenvalue weighted by Gasteiger charge is -2.54. The Bertz CT molecular complexity index is 1820. The zero-order chi connectivity index (χ0) is 34.1. The molecule has 6 atom stereocenters. The summed E-state index contributed by atoms with van der Waals surface area (Å²) in [5.41, 5.74) is 2.78. The summed E-state index contributed by atoms with van der Waals surface area (Å²) >= 11 is 1.44. The number of hydrogen-bond acceptors (Lipinski definition) is 12. The number of aromatic hydroxyl groups is 1. The highest BCUT2D eigenvalue weighted by molar-refractivity contribution is 7.13. The Hall–Kier alpha value is -3.78. The SMILES string of the molecule is CC1c2ccc(Nc3nc(C4C5CC6CC(C5)CC4C6)cs3)c(O)c2C(O)=C2C(=O)C3(O)C(O)=C(C(N)=O)C(=O)C(N(C)C)C3C(O)C21. The maximum Gasteiger partial charge on any atom is 0.255 e. The summed E-state index contributed by atoms with van der Waals surface area (Å²) in [4.78, 5) is 46.2. The number of aliphatic hydroxyl groups is 4. The van der Waals surface area contributed by atoms with Gasteiger partial charge in [0.2, 0.25) is 5.78 Å². The molecule has 5 saturated carbocycles. The highest BCUT2D eigenvalue weighted by Gasteiger charge is 2.68. The van der Waals surface area contributed by atoms with Gasteiger partial charge < -0.3 is 36.6 Å². The minimum absolute atomic E-state index is 0.0613. The molecule has 2 aromatic rings. The highest BCUT2D eigenvalue weighted by Crippen LogP contribution is 2.60. The molecule has 0 spiro atoms. The van der Waals surface area contributed by atoms with E-state index < -0.39 is 75.6 Å². The lowest BCUT2D eigenvalue weighted by atomic mass is 9.51. The van der Waals surface area contributed by atoms with Gasteiger partial charge >= 0.3 is 0 Å². The molecule has 13 heteroatoms. The molecular formula is C35H40N4O8S. The van der Waals surface area contributed by atoms with Gasteiger partial charge in [0.1, 0.15) is 22.8 Å². The predicted octanol–water partition coefficient (Wildman–Crippen LogP) is 3.24. The van der Waals surface area contributed by atoms with Crippen molar-refractivity contribution in [1.82, 2.24) is 9.88 Å². The molecule has 9 rings (SSSR count). The summed E-state index contributed by atoms with van der Waals surface area (Å²) in [6.45, 7) is 1.71. The zero-order valence-electron chi connectivity index (χ0n) is 26.9. The molecule has 8 N–H and O–H groups in total. The zero-order valence-corrected chi connectivity index (χ0v) is 27.7. The van der Waals surface area contributed by atoms with Gasteiger partial charge in [-0.25, -0.2) is 4.98 Å². The first-order chi connectivity index (χ1) is 22.7. The van der Waals surface area contributed by atoms with E-state index in [0.717, 1.165) is 17.5 Å². The third kappa shape index (κ3) is 4.10. The number of nitrogens with one attached hydrogen (secondary N) is 1. The number of carbonyl (C=O) groups is 3. The number of likely N-dealkylation sites (N-methyl/N-ethyl adjacent to an activating group) is 1. The molecule has 1 aromatic heterocycles. The number of carbonyl (C=O) groups excluding carboxylic acids is 3. The number of thiazole rings is 1. The van der Waals surface area contributed by atoms with Crippen molar-refractivity contribution < 1.29 is 39.9 Å². The van der Waals surface area contributed by atoms with E-state index >= 15 is 0 Å². The van der Waals surface area contributed by atoms with E-state index in [1.54, 1.807) is 19.1 Å². The first-order valence-corrected chi connectivity index (χ1v) is 17.5. The number of rotatable bonds is 5. The number of amides is 1. The van der Waals surface area contributed by atoms with Gasteiger partial charge in [-0.05, 0) is 87.4 Å². The van der Waals surface area contributed by atoms with Crippen LogP contribution in [-0.2, 0) is 14.4 Å². The molecule has 7 aliphatic rings. The van der Waals surface area contributed by atoms with E-state index in [1.165, 1.54) is 62.4 Å². The van der Waals surface area contributed by atoms with E-state index in [1.807, 2.05) is 0 Å². The summed E-state index contributed by atoms with van der Waals surface area (Å²) in [5, 5.41) is 64.0. The molecule has 1 aromatic carbocycles. The second kappa shape index (κ2) is 10.6. The van der Waals surface area contributed by atoms with Gasteiger partial charge in [0, 0.05) is 22.8 Å². The summed E-state index contributed by atoms with van der Waals surface area (Å²) in [6.07, 6.45) is 4.80. The number of Topliss-reactive ketones (excluding diaryl/α,β-unsaturated/α-hetero) is 2. The third-order valence-electron chi connectivity index (χ3n) is 12.5. The van der Waals surface area contributed by atoms with E-state index in [0.29, 0.717) is 28.4 Å². The number of anilines is 2. The van der Waals surface area contributed by atoms with E-state index in [4.69, 9.17) is 10.7 Å². The molecule has 254 valence electrons. The average molecular weight is 677 g/mol. The molecule has 1 heterocycles. The van der Waals surface area contributed by atoms with E-state index in [2.05, 4.69) is 10.7 Å². The lowest BCUT2D eigenvalue weighted by molar-refractivity contribution is -0.169. The van der Waals surface area contributed by atoms with Crippen molar-refractivity contribution in [3.8, 4) is 5.75 Å². The molecule has 12 nitrogen and oxygen atoms in total. The number of nitrogens with two attached hydrogens (primary N) is 1. The number of hydrogen-bond donors (Lipinski definition) is 7. The van der Waals surface area contributed by atoms with Crippen LogP contribution in [0.4, 0.5) is 10.8 Å². The first-order valence-electron chi connectivity index (χ1n) is 16.6. The molecular weight excluding hydrogens is 636 g/mol. The summed E-state index contributed by atoms with van der Waals surface area (Å²) in [7, 11) is 2.95. The fourth-order valence-electron chi connectivity index (χ4n) is 10.7. The fourth-order valence-corrected chi connectivity index (χ4v) is 11.5. The molecule has 6 unspecified atom stereocenters. The van der Waals surface area contributed by atoms with Gasteiger partial charge in [-0.15, -0.1) is 11.3 Å². The van der Waals surface area contributed by atoms with Gasteiger partial charge in [-0.3, -0.25) is 19.3 Å². The summed E-state index contributed by atoms with van der Waals surface area (Å²) in [6, 6.07) is 1.95. The Morgan fingerprint density at radius 1 is 1.04 bits per heavy atom. The Balaban J connectivity index is 1.17. The fraction of sp³-hybridized carbons (Fsp3) is 0.543. The Morgan fingerprint density at radius 3 is 2.29 bits per heavy atom. The van der Waals surface area contributed by atoms with Crippen LogP contribution in [0.3, 0.4) is 0 Å². The van der Waals surface area contributed by atoms with Crippen molar-refractivity contribution >= 4 is 45.4 Å². The van der Waals surface area contributed by atoms with Crippen LogP contribution in [0, 0.1) is 35.5 Å². The lowest BCUT2D eigenvalue weighted by Crippen LogP contribution is -2.70. The van der Waals surface area contributed by atoms with Crippen LogP contribution in [0.15, 0.2) is 34.4 Å². The predicted molar refractivity (Wildman–Crippen MR) is 176 cm³/mol. The van der Waals surface area contributed by atoms with Crippen molar-refractivity contribution in [2.24, 2.45) is 41.2 Å². The smallest absolute Gasteiger partial charge is 0.255 e. The number of benzene rings is 1.